The van der Waals surface area contributed by atoms with E-state index in [0.717, 1.165) is 63.7 Å². The van der Waals surface area contributed by atoms with Gasteiger partial charge < -0.3 is 15.1 Å². The molecule has 1 amide bonds. The lowest BCUT2D eigenvalue weighted by Gasteiger charge is -2.28. The number of amides is 1. The third kappa shape index (κ3) is 3.12. The maximum absolute atomic E-state index is 12.6. The van der Waals surface area contributed by atoms with Gasteiger partial charge in [-0.2, -0.15) is 0 Å². The molecule has 0 radical (unpaired) electrons. The molecule has 0 aromatic carbocycles. The van der Waals surface area contributed by atoms with Crippen molar-refractivity contribution in [3.63, 3.8) is 0 Å². The molecular weight excluding hydrogens is 272 g/mol. The lowest BCUT2D eigenvalue weighted by Crippen LogP contribution is -2.44. The van der Waals surface area contributed by atoms with Crippen LogP contribution >= 0.6 is 11.3 Å². The number of carbonyl (C=O) groups is 1. The first-order valence-corrected chi connectivity index (χ1v) is 8.36. The lowest BCUT2D eigenvalue weighted by atomic mass is 9.98. The summed E-state index contributed by atoms with van der Waals surface area (Å²) < 4.78 is 0. The summed E-state index contributed by atoms with van der Waals surface area (Å²) in [6.45, 7) is 5.53. The van der Waals surface area contributed by atoms with Crippen LogP contribution in [-0.4, -0.2) is 55.1 Å². The molecule has 1 atom stereocenters. The van der Waals surface area contributed by atoms with Gasteiger partial charge in [-0.3, -0.25) is 4.79 Å². The van der Waals surface area contributed by atoms with E-state index in [2.05, 4.69) is 20.1 Å². The molecule has 0 saturated carbocycles. The number of nitrogens with one attached hydrogen (secondary N) is 1. The summed E-state index contributed by atoms with van der Waals surface area (Å²) in [6, 6.07) is 0. The van der Waals surface area contributed by atoms with Crippen LogP contribution in [0, 0.1) is 5.92 Å². The van der Waals surface area contributed by atoms with Crippen molar-refractivity contribution in [2.45, 2.75) is 19.3 Å². The van der Waals surface area contributed by atoms with Crippen LogP contribution in [0.25, 0.3) is 0 Å². The molecule has 2 aliphatic rings. The molecule has 0 spiro atoms. The number of aromatic nitrogens is 1. The smallest absolute Gasteiger partial charge is 0.227 e. The van der Waals surface area contributed by atoms with Gasteiger partial charge in [0.25, 0.3) is 0 Å². The summed E-state index contributed by atoms with van der Waals surface area (Å²) in [5.74, 6) is 0.536. The number of rotatable bonds is 2. The van der Waals surface area contributed by atoms with Gasteiger partial charge in [-0.15, -0.1) is 11.3 Å². The van der Waals surface area contributed by atoms with E-state index in [1.165, 1.54) is 0 Å². The summed E-state index contributed by atoms with van der Waals surface area (Å²) in [4.78, 5) is 21.3. The van der Waals surface area contributed by atoms with Crippen molar-refractivity contribution in [3.8, 4) is 0 Å². The molecule has 3 heterocycles. The zero-order chi connectivity index (χ0) is 13.8. The molecule has 1 unspecified atom stereocenters. The molecule has 2 fully saturated rings. The van der Waals surface area contributed by atoms with Gasteiger partial charge in [0.1, 0.15) is 0 Å². The van der Waals surface area contributed by atoms with Gasteiger partial charge in [0.15, 0.2) is 5.13 Å². The Kier molecular flexibility index (Phi) is 4.52. The number of nitrogens with zero attached hydrogens (tertiary/aromatic N) is 3. The molecule has 2 saturated heterocycles. The van der Waals surface area contributed by atoms with E-state index < -0.39 is 0 Å². The van der Waals surface area contributed by atoms with E-state index in [4.69, 9.17) is 0 Å². The van der Waals surface area contributed by atoms with Crippen molar-refractivity contribution in [3.05, 3.63) is 11.6 Å². The first kappa shape index (κ1) is 13.8. The second-order valence-electron chi connectivity index (χ2n) is 5.52. The van der Waals surface area contributed by atoms with Gasteiger partial charge in [-0.05, 0) is 25.8 Å². The van der Waals surface area contributed by atoms with E-state index in [1.54, 1.807) is 11.3 Å². The second kappa shape index (κ2) is 6.54. The van der Waals surface area contributed by atoms with Crippen molar-refractivity contribution < 1.29 is 4.79 Å². The van der Waals surface area contributed by atoms with E-state index in [-0.39, 0.29) is 5.92 Å². The Morgan fingerprint density at radius 2 is 2.25 bits per heavy atom. The third-order valence-electron chi connectivity index (χ3n) is 4.14. The van der Waals surface area contributed by atoms with Crippen molar-refractivity contribution >= 4 is 22.4 Å². The van der Waals surface area contributed by atoms with Crippen LogP contribution in [0.2, 0.25) is 0 Å². The molecular formula is C14H22N4OS. The molecule has 6 heteroatoms. The standard InChI is InChI=1S/C14H22N4OS/c19-13(12-3-1-4-15-11-12)17-6-2-7-18(9-8-17)14-16-5-10-20-14/h5,10,12,15H,1-4,6-9,11H2. The van der Waals surface area contributed by atoms with Gasteiger partial charge in [-0.25, -0.2) is 4.98 Å². The largest absolute Gasteiger partial charge is 0.346 e. The Balaban J connectivity index is 1.57. The van der Waals surface area contributed by atoms with Crippen LogP contribution in [0.1, 0.15) is 19.3 Å². The molecule has 0 bridgehead atoms. The number of hydrogen-bond donors (Lipinski definition) is 1. The molecule has 20 heavy (non-hydrogen) atoms. The van der Waals surface area contributed by atoms with Crippen molar-refractivity contribution in [2.24, 2.45) is 5.92 Å². The molecule has 1 N–H and O–H groups in total. The number of hydrogen-bond acceptors (Lipinski definition) is 5. The first-order valence-electron chi connectivity index (χ1n) is 7.48. The van der Waals surface area contributed by atoms with Crippen molar-refractivity contribution in [1.29, 1.82) is 0 Å². The quantitative estimate of drug-likeness (QED) is 0.890. The molecule has 3 rings (SSSR count). The number of anilines is 1. The Morgan fingerprint density at radius 1 is 1.30 bits per heavy atom. The third-order valence-corrected chi connectivity index (χ3v) is 4.98. The van der Waals surface area contributed by atoms with E-state index in [1.807, 2.05) is 11.6 Å². The van der Waals surface area contributed by atoms with Crippen molar-refractivity contribution in [1.82, 2.24) is 15.2 Å². The average Bonchev–Trinajstić information content (AvgIpc) is 2.92. The van der Waals surface area contributed by atoms with Gasteiger partial charge in [0, 0.05) is 44.3 Å². The highest BCUT2D eigenvalue weighted by molar-refractivity contribution is 7.13. The summed E-state index contributed by atoms with van der Waals surface area (Å²) in [7, 11) is 0. The van der Waals surface area contributed by atoms with Gasteiger partial charge in [0.2, 0.25) is 5.91 Å². The fraction of sp³-hybridized carbons (Fsp3) is 0.714. The lowest BCUT2D eigenvalue weighted by molar-refractivity contribution is -0.135. The maximum Gasteiger partial charge on any atom is 0.227 e. The maximum atomic E-state index is 12.6. The Hall–Kier alpha value is -1.14. The van der Waals surface area contributed by atoms with E-state index >= 15 is 0 Å². The Bertz CT molecular complexity index is 430. The molecule has 1 aromatic heterocycles. The minimum Gasteiger partial charge on any atom is -0.346 e. The fourth-order valence-electron chi connectivity index (χ4n) is 3.02. The Labute approximate surface area is 124 Å². The van der Waals surface area contributed by atoms with Crippen molar-refractivity contribution in [2.75, 3.05) is 44.2 Å². The summed E-state index contributed by atoms with van der Waals surface area (Å²) in [5, 5.41) is 6.43. The second-order valence-corrected chi connectivity index (χ2v) is 6.40. The number of piperidine rings is 1. The fourth-order valence-corrected chi connectivity index (χ4v) is 3.72. The molecule has 0 aliphatic carbocycles. The predicted octanol–water partition coefficient (Wildman–Crippen LogP) is 1.18. The zero-order valence-electron chi connectivity index (χ0n) is 11.8. The van der Waals surface area contributed by atoms with Crippen LogP contribution in [0.3, 0.4) is 0 Å². The normalized spacial score (nSPS) is 24.5. The van der Waals surface area contributed by atoms with Crippen LogP contribution in [0.5, 0.6) is 0 Å². The van der Waals surface area contributed by atoms with Crippen LogP contribution in [0.4, 0.5) is 5.13 Å². The SMILES string of the molecule is O=C(C1CCCNC1)N1CCCN(c2nccs2)CC1. The molecule has 1 aromatic rings. The van der Waals surface area contributed by atoms with Crippen LogP contribution < -0.4 is 10.2 Å². The van der Waals surface area contributed by atoms with Crippen LogP contribution in [0.15, 0.2) is 11.6 Å². The summed E-state index contributed by atoms with van der Waals surface area (Å²) in [6.07, 6.45) is 5.04. The summed E-state index contributed by atoms with van der Waals surface area (Å²) >= 11 is 1.68. The Morgan fingerprint density at radius 3 is 3.00 bits per heavy atom. The highest BCUT2D eigenvalue weighted by Gasteiger charge is 2.27. The van der Waals surface area contributed by atoms with Gasteiger partial charge >= 0.3 is 0 Å². The highest BCUT2D eigenvalue weighted by atomic mass is 32.1. The average molecular weight is 294 g/mol. The predicted molar refractivity (Wildman–Crippen MR) is 81.1 cm³/mol. The number of carbonyl (C=O) groups excluding carboxylic acids is 1. The van der Waals surface area contributed by atoms with E-state index in [0.29, 0.717) is 5.91 Å². The van der Waals surface area contributed by atoms with Gasteiger partial charge in [0.05, 0.1) is 5.92 Å². The topological polar surface area (TPSA) is 48.5 Å². The minimum atomic E-state index is 0.190. The van der Waals surface area contributed by atoms with Gasteiger partial charge in [-0.1, -0.05) is 0 Å². The monoisotopic (exact) mass is 294 g/mol. The van der Waals surface area contributed by atoms with Crippen LogP contribution in [-0.2, 0) is 4.79 Å². The molecule has 5 nitrogen and oxygen atoms in total. The molecule has 110 valence electrons. The molecule has 2 aliphatic heterocycles. The highest BCUT2D eigenvalue weighted by Crippen LogP contribution is 2.20. The minimum absolute atomic E-state index is 0.190. The first-order chi connectivity index (χ1) is 9.84. The van der Waals surface area contributed by atoms with E-state index in [9.17, 15) is 4.79 Å². The zero-order valence-corrected chi connectivity index (χ0v) is 12.6. The summed E-state index contributed by atoms with van der Waals surface area (Å²) in [5.41, 5.74) is 0. The number of thiazole rings is 1.